The lowest BCUT2D eigenvalue weighted by molar-refractivity contribution is 0.286. The van der Waals surface area contributed by atoms with E-state index in [4.69, 9.17) is 10.6 Å². The number of ether oxygens (including phenoxy) is 1. The minimum absolute atomic E-state index is 0.454. The molecule has 0 bridgehead atoms. The number of nitrogens with one attached hydrogen (secondary N) is 1. The zero-order valence-corrected chi connectivity index (χ0v) is 10.3. The molecule has 3 N–H and O–H groups in total. The summed E-state index contributed by atoms with van der Waals surface area (Å²) in [5, 5.41) is 0. The van der Waals surface area contributed by atoms with Crippen molar-refractivity contribution in [1.82, 2.24) is 10.3 Å². The third kappa shape index (κ3) is 2.41. The zero-order valence-electron chi connectivity index (χ0n) is 10.3. The SMILES string of the molecule is NNC(=NC1CC1)N1CCOc2ccccc2C1. The van der Waals surface area contributed by atoms with E-state index in [1.807, 2.05) is 18.2 Å². The van der Waals surface area contributed by atoms with E-state index in [0.29, 0.717) is 12.6 Å². The standard InChI is InChI=1S/C13H18N4O/c14-16-13(15-11-5-6-11)17-7-8-18-12-4-2-1-3-10(12)9-17/h1-4,11H,5-9,14H2,(H,15,16). The Morgan fingerprint density at radius 2 is 2.22 bits per heavy atom. The van der Waals surface area contributed by atoms with Gasteiger partial charge in [0.25, 0.3) is 0 Å². The second kappa shape index (κ2) is 4.86. The van der Waals surface area contributed by atoms with E-state index in [2.05, 4.69) is 21.4 Å². The minimum atomic E-state index is 0.454. The molecule has 0 spiro atoms. The van der Waals surface area contributed by atoms with Crippen LogP contribution in [0.2, 0.25) is 0 Å². The molecular formula is C13H18N4O. The van der Waals surface area contributed by atoms with Gasteiger partial charge in [-0.1, -0.05) is 18.2 Å². The lowest BCUT2D eigenvalue weighted by Crippen LogP contribution is -2.45. The predicted octanol–water partition coefficient (Wildman–Crippen LogP) is 0.863. The van der Waals surface area contributed by atoms with Crippen molar-refractivity contribution in [1.29, 1.82) is 0 Å². The number of nitrogens with zero attached hydrogens (tertiary/aromatic N) is 2. The average molecular weight is 246 g/mol. The number of benzene rings is 1. The Morgan fingerprint density at radius 3 is 3.00 bits per heavy atom. The van der Waals surface area contributed by atoms with Crippen LogP contribution in [0.15, 0.2) is 29.3 Å². The van der Waals surface area contributed by atoms with Crippen LogP contribution < -0.4 is 16.0 Å². The van der Waals surface area contributed by atoms with Gasteiger partial charge in [0.2, 0.25) is 5.96 Å². The summed E-state index contributed by atoms with van der Waals surface area (Å²) in [7, 11) is 0. The fourth-order valence-corrected chi connectivity index (χ4v) is 2.09. The number of hydrogen-bond acceptors (Lipinski definition) is 3. The molecule has 1 aromatic rings. The zero-order chi connectivity index (χ0) is 12.4. The third-order valence-corrected chi connectivity index (χ3v) is 3.23. The highest BCUT2D eigenvalue weighted by Crippen LogP contribution is 2.25. The van der Waals surface area contributed by atoms with Crippen LogP contribution >= 0.6 is 0 Å². The highest BCUT2D eigenvalue weighted by molar-refractivity contribution is 5.80. The van der Waals surface area contributed by atoms with E-state index < -0.39 is 0 Å². The van der Waals surface area contributed by atoms with Crippen LogP contribution in [0.25, 0.3) is 0 Å². The van der Waals surface area contributed by atoms with Gasteiger partial charge in [0.15, 0.2) is 0 Å². The van der Waals surface area contributed by atoms with E-state index in [-0.39, 0.29) is 0 Å². The number of para-hydroxylation sites is 1. The molecule has 1 aliphatic carbocycles. The molecule has 1 saturated carbocycles. The normalized spacial score (nSPS) is 19.8. The summed E-state index contributed by atoms with van der Waals surface area (Å²) in [6.07, 6.45) is 2.35. The van der Waals surface area contributed by atoms with Crippen molar-refractivity contribution < 1.29 is 4.74 Å². The van der Waals surface area contributed by atoms with Crippen LogP contribution in [0.1, 0.15) is 18.4 Å². The Hall–Kier alpha value is -1.75. The first-order valence-electron chi connectivity index (χ1n) is 6.37. The lowest BCUT2D eigenvalue weighted by Gasteiger charge is -2.23. The molecule has 0 atom stereocenters. The molecule has 0 unspecified atom stereocenters. The van der Waals surface area contributed by atoms with E-state index >= 15 is 0 Å². The highest BCUT2D eigenvalue weighted by Gasteiger charge is 2.24. The molecule has 0 saturated heterocycles. The Morgan fingerprint density at radius 1 is 1.39 bits per heavy atom. The number of fused-ring (bicyclic) bond motifs is 1. The summed E-state index contributed by atoms with van der Waals surface area (Å²) in [5.74, 6) is 7.32. The number of hydrogen-bond donors (Lipinski definition) is 2. The summed E-state index contributed by atoms with van der Waals surface area (Å²) in [5.41, 5.74) is 3.90. The molecule has 2 aliphatic rings. The van der Waals surface area contributed by atoms with Crippen molar-refractivity contribution in [3.05, 3.63) is 29.8 Å². The second-order valence-corrected chi connectivity index (χ2v) is 4.71. The smallest absolute Gasteiger partial charge is 0.209 e. The number of rotatable bonds is 1. The molecule has 1 heterocycles. The molecule has 3 rings (SSSR count). The average Bonchev–Trinajstić information content (AvgIpc) is 3.22. The molecule has 96 valence electrons. The van der Waals surface area contributed by atoms with Crippen molar-refractivity contribution in [3.63, 3.8) is 0 Å². The van der Waals surface area contributed by atoms with E-state index in [1.165, 1.54) is 18.4 Å². The quantitative estimate of drug-likeness (QED) is 0.334. The first kappa shape index (κ1) is 11.3. The summed E-state index contributed by atoms with van der Waals surface area (Å²) < 4.78 is 5.73. The fourth-order valence-electron chi connectivity index (χ4n) is 2.09. The van der Waals surface area contributed by atoms with Crippen LogP contribution in [0.4, 0.5) is 0 Å². The van der Waals surface area contributed by atoms with Crippen molar-refractivity contribution in [2.24, 2.45) is 10.8 Å². The van der Waals surface area contributed by atoms with Crippen molar-refractivity contribution in [2.45, 2.75) is 25.4 Å². The molecule has 1 aromatic carbocycles. The fraction of sp³-hybridized carbons (Fsp3) is 0.462. The first-order valence-corrected chi connectivity index (χ1v) is 6.37. The van der Waals surface area contributed by atoms with Crippen molar-refractivity contribution >= 4 is 5.96 Å². The third-order valence-electron chi connectivity index (χ3n) is 3.23. The maximum Gasteiger partial charge on any atom is 0.209 e. The Bertz CT molecular complexity index is 456. The van der Waals surface area contributed by atoms with Crippen molar-refractivity contribution in [3.8, 4) is 5.75 Å². The van der Waals surface area contributed by atoms with Gasteiger partial charge in [-0.3, -0.25) is 5.43 Å². The van der Waals surface area contributed by atoms with E-state index in [1.54, 1.807) is 0 Å². The molecule has 0 amide bonds. The first-order chi connectivity index (χ1) is 8.86. The molecule has 5 heteroatoms. The van der Waals surface area contributed by atoms with Crippen LogP contribution in [0.3, 0.4) is 0 Å². The number of nitrogens with two attached hydrogens (primary N) is 1. The maximum atomic E-state index is 5.73. The predicted molar refractivity (Wildman–Crippen MR) is 70.1 cm³/mol. The van der Waals surface area contributed by atoms with E-state index in [0.717, 1.165) is 24.8 Å². The Balaban J connectivity index is 1.81. The van der Waals surface area contributed by atoms with Gasteiger partial charge >= 0.3 is 0 Å². The molecule has 1 aliphatic heterocycles. The van der Waals surface area contributed by atoms with Crippen LogP contribution in [-0.4, -0.2) is 30.1 Å². The van der Waals surface area contributed by atoms with Gasteiger partial charge < -0.3 is 9.64 Å². The van der Waals surface area contributed by atoms with Gasteiger partial charge in [-0.2, -0.15) is 0 Å². The Kier molecular flexibility index (Phi) is 3.06. The lowest BCUT2D eigenvalue weighted by atomic mass is 10.2. The summed E-state index contributed by atoms with van der Waals surface area (Å²) in [4.78, 5) is 6.74. The number of guanidine groups is 1. The molecule has 5 nitrogen and oxygen atoms in total. The second-order valence-electron chi connectivity index (χ2n) is 4.71. The van der Waals surface area contributed by atoms with Gasteiger partial charge in [-0.25, -0.2) is 10.8 Å². The number of aliphatic imine (C=N–C) groups is 1. The molecular weight excluding hydrogens is 228 g/mol. The maximum absolute atomic E-state index is 5.73. The monoisotopic (exact) mass is 246 g/mol. The topological polar surface area (TPSA) is 62.9 Å². The Labute approximate surface area is 107 Å². The van der Waals surface area contributed by atoms with Crippen molar-refractivity contribution in [2.75, 3.05) is 13.2 Å². The van der Waals surface area contributed by atoms with Gasteiger partial charge in [0.05, 0.1) is 12.6 Å². The molecule has 18 heavy (non-hydrogen) atoms. The summed E-state index contributed by atoms with van der Waals surface area (Å²) in [6, 6.07) is 8.56. The van der Waals surface area contributed by atoms with Gasteiger partial charge in [-0.05, 0) is 18.9 Å². The van der Waals surface area contributed by atoms with Gasteiger partial charge in [0.1, 0.15) is 12.4 Å². The molecule has 1 fully saturated rings. The number of hydrazine groups is 1. The van der Waals surface area contributed by atoms with E-state index in [9.17, 15) is 0 Å². The molecule has 0 radical (unpaired) electrons. The van der Waals surface area contributed by atoms with Gasteiger partial charge in [-0.15, -0.1) is 0 Å². The summed E-state index contributed by atoms with van der Waals surface area (Å²) in [6.45, 7) is 2.23. The minimum Gasteiger partial charge on any atom is -0.491 e. The largest absolute Gasteiger partial charge is 0.491 e. The van der Waals surface area contributed by atoms with Gasteiger partial charge in [0, 0.05) is 12.1 Å². The van der Waals surface area contributed by atoms with Crippen LogP contribution in [-0.2, 0) is 6.54 Å². The van der Waals surface area contributed by atoms with Crippen LogP contribution in [0.5, 0.6) is 5.75 Å². The van der Waals surface area contributed by atoms with Crippen LogP contribution in [0, 0.1) is 0 Å². The highest BCUT2D eigenvalue weighted by atomic mass is 16.5. The molecule has 0 aromatic heterocycles. The summed E-state index contributed by atoms with van der Waals surface area (Å²) >= 11 is 0.